The van der Waals surface area contributed by atoms with Crippen molar-refractivity contribution in [2.45, 2.75) is 19.9 Å². The number of carbonyl (C=O) groups is 2. The van der Waals surface area contributed by atoms with E-state index < -0.39 is 6.04 Å². The van der Waals surface area contributed by atoms with Crippen molar-refractivity contribution in [1.29, 1.82) is 0 Å². The summed E-state index contributed by atoms with van der Waals surface area (Å²) >= 11 is 5.84. The molecule has 114 valence electrons. The second-order valence-electron chi connectivity index (χ2n) is 5.43. The van der Waals surface area contributed by atoms with Gasteiger partial charge in [-0.2, -0.15) is 0 Å². The van der Waals surface area contributed by atoms with E-state index >= 15 is 0 Å². The normalized spacial score (nSPS) is 12.0. The number of rotatable bonds is 5. The lowest BCUT2D eigenvalue weighted by atomic mass is 9.94. The monoisotopic (exact) mass is 315 g/mol. The van der Waals surface area contributed by atoms with Crippen LogP contribution in [-0.4, -0.2) is 17.7 Å². The Balaban J connectivity index is 2.18. The van der Waals surface area contributed by atoms with Gasteiger partial charge in [-0.05, 0) is 42.3 Å². The second-order valence-corrected chi connectivity index (χ2v) is 5.87. The van der Waals surface area contributed by atoms with Crippen LogP contribution in [0.4, 0.5) is 0 Å². The molecule has 3 nitrogen and oxygen atoms in total. The topological polar surface area (TPSA) is 46.2 Å². The first kappa shape index (κ1) is 16.2. The molecule has 4 heteroatoms. The third kappa shape index (κ3) is 3.95. The van der Waals surface area contributed by atoms with Crippen molar-refractivity contribution in [2.24, 2.45) is 5.92 Å². The molecule has 0 aromatic heterocycles. The van der Waals surface area contributed by atoms with E-state index in [9.17, 15) is 9.59 Å². The summed E-state index contributed by atoms with van der Waals surface area (Å²) in [6.45, 7) is 3.81. The molecule has 0 spiro atoms. The molecule has 0 heterocycles. The van der Waals surface area contributed by atoms with Gasteiger partial charge < -0.3 is 5.32 Å². The average Bonchev–Trinajstić information content (AvgIpc) is 2.53. The van der Waals surface area contributed by atoms with Crippen LogP contribution in [0.3, 0.4) is 0 Å². The van der Waals surface area contributed by atoms with Gasteiger partial charge in [-0.25, -0.2) is 0 Å². The number of amides is 1. The first-order valence-electron chi connectivity index (χ1n) is 7.14. The third-order valence-corrected chi connectivity index (χ3v) is 3.65. The maximum absolute atomic E-state index is 12.6. The molecule has 2 aromatic rings. The van der Waals surface area contributed by atoms with Gasteiger partial charge in [-0.3, -0.25) is 9.59 Å². The molecule has 2 aromatic carbocycles. The molecule has 0 bridgehead atoms. The molecule has 0 aliphatic rings. The van der Waals surface area contributed by atoms with Crippen molar-refractivity contribution < 1.29 is 9.59 Å². The van der Waals surface area contributed by atoms with E-state index in [1.165, 1.54) is 0 Å². The lowest BCUT2D eigenvalue weighted by Crippen LogP contribution is -2.44. The van der Waals surface area contributed by atoms with E-state index in [0.717, 1.165) is 0 Å². The standard InChI is InChI=1S/C18H18ClNO2/c1-12(2)16(17(21)13-8-10-15(19)11-9-13)20-18(22)14-6-4-3-5-7-14/h3-12,16H,1-2H3,(H,20,22)/t16-/m0/s1. The van der Waals surface area contributed by atoms with Crippen LogP contribution in [-0.2, 0) is 0 Å². The molecule has 0 fully saturated rings. The fourth-order valence-electron chi connectivity index (χ4n) is 2.14. The first-order valence-corrected chi connectivity index (χ1v) is 7.52. The van der Waals surface area contributed by atoms with Crippen molar-refractivity contribution in [3.8, 4) is 0 Å². The first-order chi connectivity index (χ1) is 10.5. The minimum atomic E-state index is -0.575. The van der Waals surface area contributed by atoms with Gasteiger partial charge in [0.15, 0.2) is 5.78 Å². The summed E-state index contributed by atoms with van der Waals surface area (Å²) in [5, 5.41) is 3.40. The molecule has 0 radical (unpaired) electrons. The molecule has 2 rings (SSSR count). The van der Waals surface area contributed by atoms with Crippen molar-refractivity contribution in [2.75, 3.05) is 0 Å². The van der Waals surface area contributed by atoms with Crippen LogP contribution in [0.25, 0.3) is 0 Å². The Morgan fingerprint density at radius 3 is 2.05 bits per heavy atom. The van der Waals surface area contributed by atoms with Crippen LogP contribution in [0.2, 0.25) is 5.02 Å². The molecule has 22 heavy (non-hydrogen) atoms. The van der Waals surface area contributed by atoms with Gasteiger partial charge in [0.2, 0.25) is 0 Å². The maximum Gasteiger partial charge on any atom is 0.251 e. The van der Waals surface area contributed by atoms with E-state index in [4.69, 9.17) is 11.6 Å². The Labute approximate surface area is 135 Å². The predicted octanol–water partition coefficient (Wildman–Crippen LogP) is 3.98. The van der Waals surface area contributed by atoms with E-state index in [-0.39, 0.29) is 17.6 Å². The Kier molecular flexibility index (Phi) is 5.34. The van der Waals surface area contributed by atoms with Crippen molar-refractivity contribution >= 4 is 23.3 Å². The van der Waals surface area contributed by atoms with Crippen LogP contribution in [0.5, 0.6) is 0 Å². The summed E-state index contributed by atoms with van der Waals surface area (Å²) in [4.78, 5) is 24.9. The highest BCUT2D eigenvalue weighted by Crippen LogP contribution is 2.15. The Morgan fingerprint density at radius 2 is 1.50 bits per heavy atom. The van der Waals surface area contributed by atoms with Crippen LogP contribution < -0.4 is 5.32 Å². The zero-order chi connectivity index (χ0) is 16.1. The molecule has 0 unspecified atom stereocenters. The molecule has 0 aliphatic heterocycles. The fourth-order valence-corrected chi connectivity index (χ4v) is 2.27. The second kappa shape index (κ2) is 7.23. The smallest absolute Gasteiger partial charge is 0.251 e. The van der Waals surface area contributed by atoms with Crippen LogP contribution in [0.15, 0.2) is 54.6 Å². The van der Waals surface area contributed by atoms with Crippen LogP contribution in [0, 0.1) is 5.92 Å². The predicted molar refractivity (Wildman–Crippen MR) is 88.3 cm³/mol. The number of hydrogen-bond donors (Lipinski definition) is 1. The molecule has 0 saturated heterocycles. The minimum absolute atomic E-state index is 0.0177. The number of benzene rings is 2. The maximum atomic E-state index is 12.6. The molecular formula is C18H18ClNO2. The van der Waals surface area contributed by atoms with Crippen LogP contribution >= 0.6 is 11.6 Å². The fraction of sp³-hybridized carbons (Fsp3) is 0.222. The minimum Gasteiger partial charge on any atom is -0.342 e. The number of hydrogen-bond acceptors (Lipinski definition) is 2. The quantitative estimate of drug-likeness (QED) is 0.848. The van der Waals surface area contributed by atoms with Gasteiger partial charge in [-0.15, -0.1) is 0 Å². The van der Waals surface area contributed by atoms with E-state index in [2.05, 4.69) is 5.32 Å². The summed E-state index contributed by atoms with van der Waals surface area (Å²) in [7, 11) is 0. The number of halogens is 1. The Morgan fingerprint density at radius 1 is 0.909 bits per heavy atom. The lowest BCUT2D eigenvalue weighted by Gasteiger charge is -2.21. The van der Waals surface area contributed by atoms with Gasteiger partial charge in [-0.1, -0.05) is 43.6 Å². The van der Waals surface area contributed by atoms with Gasteiger partial charge in [0.05, 0.1) is 6.04 Å². The molecular weight excluding hydrogens is 298 g/mol. The molecule has 1 atom stereocenters. The zero-order valence-electron chi connectivity index (χ0n) is 12.5. The third-order valence-electron chi connectivity index (χ3n) is 3.40. The lowest BCUT2D eigenvalue weighted by molar-refractivity contribution is 0.0831. The number of Topliss-reactive ketones (excluding diaryl/α,β-unsaturated/α-hetero) is 1. The number of nitrogens with one attached hydrogen (secondary N) is 1. The highest BCUT2D eigenvalue weighted by molar-refractivity contribution is 6.30. The highest BCUT2D eigenvalue weighted by atomic mass is 35.5. The zero-order valence-corrected chi connectivity index (χ0v) is 13.3. The van der Waals surface area contributed by atoms with Gasteiger partial charge in [0.1, 0.15) is 0 Å². The van der Waals surface area contributed by atoms with E-state index in [1.54, 1.807) is 48.5 Å². The summed E-state index contributed by atoms with van der Waals surface area (Å²) in [6, 6.07) is 15.0. The molecule has 0 aliphatic carbocycles. The van der Waals surface area contributed by atoms with Gasteiger partial charge in [0.25, 0.3) is 5.91 Å². The van der Waals surface area contributed by atoms with E-state index in [1.807, 2.05) is 19.9 Å². The summed E-state index contributed by atoms with van der Waals surface area (Å²) in [6.07, 6.45) is 0. The molecule has 0 saturated carbocycles. The van der Waals surface area contributed by atoms with Gasteiger partial charge in [0, 0.05) is 16.1 Å². The molecule has 1 N–H and O–H groups in total. The molecule has 1 amide bonds. The summed E-state index contributed by atoms with van der Waals surface area (Å²) in [5.74, 6) is -0.381. The van der Waals surface area contributed by atoms with Crippen molar-refractivity contribution in [1.82, 2.24) is 5.32 Å². The largest absolute Gasteiger partial charge is 0.342 e. The Hall–Kier alpha value is -2.13. The SMILES string of the molecule is CC(C)[C@H](NC(=O)c1ccccc1)C(=O)c1ccc(Cl)cc1. The summed E-state index contributed by atoms with van der Waals surface area (Å²) < 4.78 is 0. The Bertz CT molecular complexity index is 651. The number of carbonyl (C=O) groups excluding carboxylic acids is 2. The average molecular weight is 316 g/mol. The number of ketones is 1. The summed E-state index contributed by atoms with van der Waals surface area (Å²) in [5.41, 5.74) is 1.08. The van der Waals surface area contributed by atoms with E-state index in [0.29, 0.717) is 16.1 Å². The van der Waals surface area contributed by atoms with Gasteiger partial charge >= 0.3 is 0 Å². The van der Waals surface area contributed by atoms with Crippen molar-refractivity contribution in [3.63, 3.8) is 0 Å². The highest BCUT2D eigenvalue weighted by Gasteiger charge is 2.25. The van der Waals surface area contributed by atoms with Crippen LogP contribution in [0.1, 0.15) is 34.6 Å². The van der Waals surface area contributed by atoms with Crippen molar-refractivity contribution in [3.05, 3.63) is 70.7 Å².